The highest BCUT2D eigenvalue weighted by atomic mass is 15.2. The molecule has 6 nitrogen and oxygen atoms in total. The molecular weight excluding hydrogens is 204 g/mol. The second-order valence-corrected chi connectivity index (χ2v) is 2.89. The molecule has 7 N–H and O–H groups in total. The van der Waals surface area contributed by atoms with Gasteiger partial charge in [-0.15, -0.1) is 0 Å². The van der Waals surface area contributed by atoms with E-state index in [4.69, 9.17) is 22.6 Å². The van der Waals surface area contributed by atoms with E-state index >= 15 is 0 Å². The molecule has 0 saturated carbocycles. The number of hydrazine groups is 1. The number of aliphatic imine (C=N–C) groups is 1. The van der Waals surface area contributed by atoms with Gasteiger partial charge in [-0.2, -0.15) is 5.26 Å². The van der Waals surface area contributed by atoms with Crippen molar-refractivity contribution in [3.8, 4) is 6.07 Å². The monoisotopic (exact) mass is 216 g/mol. The van der Waals surface area contributed by atoms with Crippen LogP contribution >= 0.6 is 0 Å². The first-order valence-electron chi connectivity index (χ1n) is 4.44. The van der Waals surface area contributed by atoms with E-state index in [2.05, 4.69) is 10.4 Å². The predicted molar refractivity (Wildman–Crippen MR) is 63.2 cm³/mol. The lowest BCUT2D eigenvalue weighted by atomic mass is 10.2. The lowest BCUT2D eigenvalue weighted by Gasteiger charge is -2.01. The second-order valence-electron chi connectivity index (χ2n) is 2.89. The van der Waals surface area contributed by atoms with Gasteiger partial charge in [0.2, 0.25) is 0 Å². The topological polar surface area (TPSA) is 126 Å². The molecule has 0 aliphatic heterocycles. The fourth-order valence-corrected chi connectivity index (χ4v) is 1.03. The molecule has 0 aliphatic rings. The second kappa shape index (κ2) is 5.38. The number of nitriles is 1. The summed E-state index contributed by atoms with van der Waals surface area (Å²) < 4.78 is 0. The summed E-state index contributed by atoms with van der Waals surface area (Å²) in [4.78, 5) is 4.03. The number of amidine groups is 1. The van der Waals surface area contributed by atoms with Crippen molar-refractivity contribution in [2.75, 3.05) is 5.73 Å². The number of nitrogens with two attached hydrogens (primary N) is 3. The third-order valence-corrected chi connectivity index (χ3v) is 1.80. The summed E-state index contributed by atoms with van der Waals surface area (Å²) >= 11 is 0. The summed E-state index contributed by atoms with van der Waals surface area (Å²) in [7, 11) is 0. The molecule has 0 atom stereocenters. The minimum Gasteiger partial charge on any atom is -0.397 e. The molecule has 0 spiro atoms. The van der Waals surface area contributed by atoms with Gasteiger partial charge in [0.1, 0.15) is 17.5 Å². The van der Waals surface area contributed by atoms with E-state index in [9.17, 15) is 0 Å². The number of anilines is 1. The van der Waals surface area contributed by atoms with Gasteiger partial charge in [-0.05, 0) is 12.1 Å². The molecule has 0 aliphatic carbocycles. The van der Waals surface area contributed by atoms with Gasteiger partial charge in [-0.25, -0.2) is 4.99 Å². The highest BCUT2D eigenvalue weighted by Crippen LogP contribution is 2.20. The third-order valence-electron chi connectivity index (χ3n) is 1.80. The Balaban J connectivity index is 3.07. The molecule has 0 aromatic heterocycles. The number of hydrogen-bond donors (Lipinski definition) is 4. The van der Waals surface area contributed by atoms with Gasteiger partial charge in [0.05, 0.1) is 11.4 Å². The maximum atomic E-state index is 8.77. The summed E-state index contributed by atoms with van der Waals surface area (Å²) in [6, 6.07) is 8.83. The maximum absolute atomic E-state index is 8.77. The largest absolute Gasteiger partial charge is 0.397 e. The Hall–Kier alpha value is -2.52. The number of para-hydroxylation sites is 2. The molecule has 0 saturated heterocycles. The van der Waals surface area contributed by atoms with Crippen LogP contribution in [0.4, 0.5) is 11.4 Å². The highest BCUT2D eigenvalue weighted by Gasteiger charge is 2.02. The summed E-state index contributed by atoms with van der Waals surface area (Å²) in [5.74, 6) is 5.11. The van der Waals surface area contributed by atoms with Crippen LogP contribution in [0.3, 0.4) is 0 Å². The average Bonchev–Trinajstić information content (AvgIpc) is 2.29. The Bertz CT molecular complexity index is 468. The first kappa shape index (κ1) is 11.6. The molecule has 82 valence electrons. The number of benzene rings is 1. The van der Waals surface area contributed by atoms with E-state index in [1.54, 1.807) is 24.3 Å². The first-order chi connectivity index (χ1) is 7.69. The summed E-state index contributed by atoms with van der Waals surface area (Å²) in [5, 5.41) is 8.77. The summed E-state index contributed by atoms with van der Waals surface area (Å²) in [6.45, 7) is 0. The SMILES string of the molecule is N#C/C(=C\NN)C(N)=Nc1ccccc1N. The third kappa shape index (κ3) is 2.73. The van der Waals surface area contributed by atoms with Crippen LogP contribution in [0.15, 0.2) is 41.0 Å². The Morgan fingerprint density at radius 1 is 1.44 bits per heavy atom. The lowest BCUT2D eigenvalue weighted by Crippen LogP contribution is -2.20. The van der Waals surface area contributed by atoms with Crippen LogP contribution in [-0.2, 0) is 0 Å². The van der Waals surface area contributed by atoms with Crippen LogP contribution in [0.1, 0.15) is 0 Å². The quantitative estimate of drug-likeness (QED) is 0.143. The maximum Gasteiger partial charge on any atom is 0.143 e. The number of nitrogens with one attached hydrogen (secondary N) is 1. The molecule has 0 radical (unpaired) electrons. The Morgan fingerprint density at radius 3 is 2.69 bits per heavy atom. The first-order valence-corrected chi connectivity index (χ1v) is 4.44. The minimum absolute atomic E-state index is 0.0540. The van der Waals surface area contributed by atoms with Crippen LogP contribution in [-0.4, -0.2) is 5.84 Å². The molecule has 0 bridgehead atoms. The molecule has 0 fully saturated rings. The van der Waals surface area contributed by atoms with Crippen molar-refractivity contribution in [2.24, 2.45) is 16.6 Å². The fourth-order valence-electron chi connectivity index (χ4n) is 1.03. The van der Waals surface area contributed by atoms with Crippen molar-refractivity contribution in [1.82, 2.24) is 5.43 Å². The van der Waals surface area contributed by atoms with Crippen LogP contribution in [0.5, 0.6) is 0 Å². The van der Waals surface area contributed by atoms with Gasteiger partial charge in [0.15, 0.2) is 0 Å². The van der Waals surface area contributed by atoms with Crippen molar-refractivity contribution in [1.29, 1.82) is 5.26 Å². The van der Waals surface area contributed by atoms with E-state index < -0.39 is 0 Å². The molecule has 1 aromatic rings. The van der Waals surface area contributed by atoms with Crippen molar-refractivity contribution in [3.05, 3.63) is 36.0 Å². The predicted octanol–water partition coefficient (Wildman–Crippen LogP) is 0.128. The molecular formula is C10H12N6. The average molecular weight is 216 g/mol. The number of rotatable bonds is 3. The Labute approximate surface area is 93.0 Å². The Kier molecular flexibility index (Phi) is 3.89. The van der Waals surface area contributed by atoms with Gasteiger partial charge in [0, 0.05) is 6.20 Å². The van der Waals surface area contributed by atoms with Crippen LogP contribution in [0, 0.1) is 11.3 Å². The van der Waals surface area contributed by atoms with Crippen molar-refractivity contribution < 1.29 is 0 Å². The van der Waals surface area contributed by atoms with Gasteiger partial charge in [-0.1, -0.05) is 12.1 Å². The van der Waals surface area contributed by atoms with Gasteiger partial charge in [-0.3, -0.25) is 5.84 Å². The van der Waals surface area contributed by atoms with Crippen molar-refractivity contribution >= 4 is 17.2 Å². The standard InChI is InChI=1S/C10H12N6/c11-5-7(6-15-14)10(13)16-9-4-2-1-3-8(9)12/h1-4,6,15H,12,14H2,(H2,13,16)/b7-6+. The molecule has 16 heavy (non-hydrogen) atoms. The molecule has 0 amide bonds. The van der Waals surface area contributed by atoms with Gasteiger partial charge < -0.3 is 16.9 Å². The summed E-state index contributed by atoms with van der Waals surface area (Å²) in [5.41, 5.74) is 14.7. The number of nitrogens with zero attached hydrogens (tertiary/aromatic N) is 2. The highest BCUT2D eigenvalue weighted by molar-refractivity contribution is 6.02. The number of nitrogen functional groups attached to an aromatic ring is 1. The molecule has 6 heteroatoms. The van der Waals surface area contributed by atoms with E-state index in [0.717, 1.165) is 0 Å². The zero-order chi connectivity index (χ0) is 12.0. The van der Waals surface area contributed by atoms with Gasteiger partial charge >= 0.3 is 0 Å². The van der Waals surface area contributed by atoms with Crippen molar-refractivity contribution in [2.45, 2.75) is 0 Å². The van der Waals surface area contributed by atoms with E-state index in [0.29, 0.717) is 11.4 Å². The molecule has 0 unspecified atom stereocenters. The molecule has 0 heterocycles. The van der Waals surface area contributed by atoms with E-state index in [1.807, 2.05) is 6.07 Å². The Morgan fingerprint density at radius 2 is 2.12 bits per heavy atom. The number of hydrogen-bond acceptors (Lipinski definition) is 5. The van der Waals surface area contributed by atoms with Crippen LogP contribution < -0.4 is 22.7 Å². The fraction of sp³-hybridized carbons (Fsp3) is 0. The zero-order valence-corrected chi connectivity index (χ0v) is 8.51. The smallest absolute Gasteiger partial charge is 0.143 e. The van der Waals surface area contributed by atoms with Gasteiger partial charge in [0.25, 0.3) is 0 Å². The normalized spacial score (nSPS) is 12.0. The van der Waals surface area contributed by atoms with E-state index in [1.165, 1.54) is 6.20 Å². The zero-order valence-electron chi connectivity index (χ0n) is 8.51. The lowest BCUT2D eigenvalue weighted by molar-refractivity contribution is 0.963. The minimum atomic E-state index is 0.0540. The molecule has 1 rings (SSSR count). The van der Waals surface area contributed by atoms with Crippen molar-refractivity contribution in [3.63, 3.8) is 0 Å². The van der Waals surface area contributed by atoms with E-state index in [-0.39, 0.29) is 11.4 Å². The van der Waals surface area contributed by atoms with Crippen LogP contribution in [0.25, 0.3) is 0 Å². The molecule has 1 aromatic carbocycles. The van der Waals surface area contributed by atoms with Crippen LogP contribution in [0.2, 0.25) is 0 Å². The summed E-state index contributed by atoms with van der Waals surface area (Å²) in [6.07, 6.45) is 1.26.